The molecule has 0 bridgehead atoms. The van der Waals surface area contributed by atoms with E-state index in [9.17, 15) is 14.4 Å². The molecule has 1 aromatic heterocycles. The highest BCUT2D eigenvalue weighted by Gasteiger charge is 2.63. The van der Waals surface area contributed by atoms with Gasteiger partial charge in [0.2, 0.25) is 5.91 Å². The third-order valence-corrected chi connectivity index (χ3v) is 9.75. The number of para-hydroxylation sites is 1. The summed E-state index contributed by atoms with van der Waals surface area (Å²) in [5.74, 6) is -1.19. The van der Waals surface area contributed by atoms with E-state index in [-0.39, 0.29) is 24.8 Å². The van der Waals surface area contributed by atoms with E-state index in [1.807, 2.05) is 54.6 Å². The number of nitrogens with one attached hydrogen (secondary N) is 1. The van der Waals surface area contributed by atoms with Gasteiger partial charge in [-0.1, -0.05) is 59.8 Å². The first-order valence-electron chi connectivity index (χ1n) is 11.7. The molecule has 7 nitrogen and oxygen atoms in total. The average Bonchev–Trinajstić information content (AvgIpc) is 3.24. The lowest BCUT2D eigenvalue weighted by Crippen LogP contribution is -2.80. The van der Waals surface area contributed by atoms with E-state index in [2.05, 4.69) is 16.9 Å². The number of amides is 2. The van der Waals surface area contributed by atoms with Crippen LogP contribution in [0.1, 0.15) is 33.3 Å². The molecule has 0 aliphatic carbocycles. The minimum absolute atomic E-state index is 0.123. The number of thiazole rings is 1. The van der Waals surface area contributed by atoms with Gasteiger partial charge in [0, 0.05) is 0 Å². The summed E-state index contributed by atoms with van der Waals surface area (Å²) in [5.41, 5.74) is 0.207. The van der Waals surface area contributed by atoms with Crippen molar-refractivity contribution in [2.75, 3.05) is 6.54 Å². The summed E-state index contributed by atoms with van der Waals surface area (Å²) in [6.45, 7) is 10.9. The van der Waals surface area contributed by atoms with E-state index < -0.39 is 22.5 Å². The van der Waals surface area contributed by atoms with Gasteiger partial charge in [-0.05, 0) is 61.8 Å². The van der Waals surface area contributed by atoms with E-state index in [4.69, 9.17) is 4.74 Å². The molecule has 0 radical (unpaired) electrons. The number of hydrogen-bond acceptors (Lipinski definition) is 8. The molecule has 0 saturated carbocycles. The number of nitrogens with zero attached hydrogens (tertiary/aromatic N) is 2. The number of benzene rings is 2. The van der Waals surface area contributed by atoms with Gasteiger partial charge in [-0.3, -0.25) is 14.4 Å². The third-order valence-electron chi connectivity index (χ3n) is 5.67. The normalized spacial score (nSPS) is 19.4. The Labute approximate surface area is 228 Å². The highest BCUT2D eigenvalue weighted by Crippen LogP contribution is 2.50. The Hall–Kier alpha value is -2.82. The van der Waals surface area contributed by atoms with Gasteiger partial charge in [0.15, 0.2) is 9.88 Å². The second-order valence-corrected chi connectivity index (χ2v) is 13.4. The van der Waals surface area contributed by atoms with Gasteiger partial charge in [0.1, 0.15) is 17.5 Å². The van der Waals surface area contributed by atoms with Crippen molar-refractivity contribution in [1.82, 2.24) is 15.2 Å². The van der Waals surface area contributed by atoms with Crippen LogP contribution in [0, 0.1) is 0 Å². The minimum atomic E-state index is -1.35. The zero-order chi connectivity index (χ0) is 26.8. The first-order valence-corrected chi connectivity index (χ1v) is 14.8. The van der Waals surface area contributed by atoms with Crippen LogP contribution in [0.5, 0.6) is 0 Å². The fraction of sp³-hybridized carbons (Fsp3) is 0.333. The zero-order valence-corrected chi connectivity index (χ0v) is 23.6. The van der Waals surface area contributed by atoms with Gasteiger partial charge in [-0.25, -0.2) is 4.98 Å². The Morgan fingerprint density at radius 2 is 1.84 bits per heavy atom. The van der Waals surface area contributed by atoms with Crippen molar-refractivity contribution in [2.45, 2.75) is 55.0 Å². The van der Waals surface area contributed by atoms with Crippen LogP contribution in [0.2, 0.25) is 0 Å². The second kappa shape index (κ2) is 10.9. The number of β-lactam (4-membered cyclic amide) rings is 1. The van der Waals surface area contributed by atoms with Crippen molar-refractivity contribution in [3.8, 4) is 0 Å². The quantitative estimate of drug-likeness (QED) is 0.168. The Morgan fingerprint density at radius 1 is 1.16 bits per heavy atom. The smallest absolute Gasteiger partial charge is 0.326 e. The SMILES string of the molecule is C=C(C)C1(NC(=O)Cc2ccccc2)C(=O)N(CC(=O)OC(C)(C)C)C1SSc1nc2ccccc2s1. The number of rotatable bonds is 9. The van der Waals surface area contributed by atoms with Gasteiger partial charge < -0.3 is 15.0 Å². The number of aromatic nitrogens is 1. The van der Waals surface area contributed by atoms with E-state index in [0.717, 1.165) is 20.1 Å². The summed E-state index contributed by atoms with van der Waals surface area (Å²) >= 11 is 1.55. The predicted octanol–water partition coefficient (Wildman–Crippen LogP) is 5.22. The molecule has 37 heavy (non-hydrogen) atoms. The van der Waals surface area contributed by atoms with Gasteiger partial charge >= 0.3 is 5.97 Å². The predicted molar refractivity (Wildman–Crippen MR) is 150 cm³/mol. The van der Waals surface area contributed by atoms with Crippen LogP contribution < -0.4 is 5.32 Å². The molecular formula is C27H29N3O4S3. The molecule has 2 amide bonds. The van der Waals surface area contributed by atoms with Gasteiger partial charge in [-0.2, -0.15) is 0 Å². The van der Waals surface area contributed by atoms with Crippen LogP contribution in [0.25, 0.3) is 10.2 Å². The molecule has 1 N–H and O–H groups in total. The number of ether oxygens (including phenoxy) is 1. The number of hydrogen-bond donors (Lipinski definition) is 1. The summed E-state index contributed by atoms with van der Waals surface area (Å²) in [5, 5.41) is 2.38. The molecule has 1 saturated heterocycles. The number of carbonyl (C=O) groups excluding carboxylic acids is 3. The van der Waals surface area contributed by atoms with E-state index in [1.165, 1.54) is 26.5 Å². The van der Waals surface area contributed by atoms with Crippen molar-refractivity contribution in [3.05, 3.63) is 72.3 Å². The first-order chi connectivity index (χ1) is 17.5. The molecule has 0 spiro atoms. The average molecular weight is 556 g/mol. The third kappa shape index (κ3) is 6.02. The number of carbonyl (C=O) groups is 3. The van der Waals surface area contributed by atoms with E-state index in [0.29, 0.717) is 5.57 Å². The molecule has 2 atom stereocenters. The number of fused-ring (bicyclic) bond motifs is 1. The van der Waals surface area contributed by atoms with Crippen LogP contribution in [0.15, 0.2) is 71.1 Å². The van der Waals surface area contributed by atoms with Crippen LogP contribution in [0.4, 0.5) is 0 Å². The highest BCUT2D eigenvalue weighted by molar-refractivity contribution is 8.77. The van der Waals surface area contributed by atoms with Gasteiger partial charge in [0.05, 0.1) is 16.6 Å². The van der Waals surface area contributed by atoms with Crippen LogP contribution in [0.3, 0.4) is 0 Å². The number of likely N-dealkylation sites (tertiary alicyclic amines) is 1. The molecule has 194 valence electrons. The maximum absolute atomic E-state index is 13.6. The first kappa shape index (κ1) is 27.2. The minimum Gasteiger partial charge on any atom is -0.459 e. The number of esters is 1. The molecule has 4 rings (SSSR count). The summed E-state index contributed by atoms with van der Waals surface area (Å²) in [6.07, 6.45) is 0.123. The van der Waals surface area contributed by atoms with Crippen molar-refractivity contribution in [1.29, 1.82) is 0 Å². The lowest BCUT2D eigenvalue weighted by atomic mass is 9.81. The highest BCUT2D eigenvalue weighted by atomic mass is 33.1. The van der Waals surface area contributed by atoms with Gasteiger partial charge in [-0.15, -0.1) is 11.3 Å². The maximum atomic E-state index is 13.6. The largest absolute Gasteiger partial charge is 0.459 e. The van der Waals surface area contributed by atoms with Crippen molar-refractivity contribution >= 4 is 60.9 Å². The fourth-order valence-electron chi connectivity index (χ4n) is 4.03. The van der Waals surface area contributed by atoms with Crippen molar-refractivity contribution in [3.63, 3.8) is 0 Å². The van der Waals surface area contributed by atoms with Crippen LogP contribution in [-0.4, -0.2) is 50.7 Å². The standard InChI is InChI=1S/C27H29N3O4S3/c1-17(2)27(29-21(31)15-18-11-7-6-8-12-18)23(33)30(16-22(32)34-26(3,4)5)24(27)36-37-25-28-19-13-9-10-14-20(19)35-25/h6-14,24H,1,15-16H2,2-5H3,(H,29,31). The summed E-state index contributed by atoms with van der Waals surface area (Å²) in [7, 11) is 2.79. The Morgan fingerprint density at radius 3 is 2.49 bits per heavy atom. The Balaban J connectivity index is 1.58. The topological polar surface area (TPSA) is 88.6 Å². The maximum Gasteiger partial charge on any atom is 0.326 e. The van der Waals surface area contributed by atoms with Crippen molar-refractivity contribution < 1.29 is 19.1 Å². The molecule has 10 heteroatoms. The monoisotopic (exact) mass is 555 g/mol. The molecule has 2 aromatic carbocycles. The Bertz CT molecular complexity index is 1300. The van der Waals surface area contributed by atoms with E-state index >= 15 is 0 Å². The van der Waals surface area contributed by atoms with Crippen LogP contribution >= 0.6 is 32.9 Å². The van der Waals surface area contributed by atoms with Crippen molar-refractivity contribution in [2.24, 2.45) is 0 Å². The summed E-state index contributed by atoms with van der Waals surface area (Å²) < 4.78 is 7.34. The zero-order valence-electron chi connectivity index (χ0n) is 21.1. The second-order valence-electron chi connectivity index (χ2n) is 9.80. The van der Waals surface area contributed by atoms with E-state index in [1.54, 1.807) is 39.0 Å². The summed E-state index contributed by atoms with van der Waals surface area (Å²) in [6, 6.07) is 17.2. The molecule has 1 fully saturated rings. The molecular weight excluding hydrogens is 527 g/mol. The lowest BCUT2D eigenvalue weighted by Gasteiger charge is -2.55. The van der Waals surface area contributed by atoms with Gasteiger partial charge in [0.25, 0.3) is 5.91 Å². The molecule has 3 aromatic rings. The summed E-state index contributed by atoms with van der Waals surface area (Å²) in [4.78, 5) is 45.4. The fourth-order valence-corrected chi connectivity index (χ4v) is 8.26. The molecule has 2 heterocycles. The molecule has 1 aliphatic rings. The molecule has 2 unspecified atom stereocenters. The molecule has 1 aliphatic heterocycles. The van der Waals surface area contributed by atoms with Crippen LogP contribution in [-0.2, 0) is 25.5 Å². The Kier molecular flexibility index (Phi) is 8.01. The lowest BCUT2D eigenvalue weighted by molar-refractivity contribution is -0.168.